The molecule has 0 bridgehead atoms. The summed E-state index contributed by atoms with van der Waals surface area (Å²) in [7, 11) is 5.54. The van der Waals surface area contributed by atoms with Gasteiger partial charge in [-0.25, -0.2) is 0 Å². The van der Waals surface area contributed by atoms with E-state index in [1.54, 1.807) is 24.5 Å². The number of hydrogen-bond acceptors (Lipinski definition) is 6. The molecule has 2 aromatic rings. The number of benzene rings is 1. The van der Waals surface area contributed by atoms with Crippen molar-refractivity contribution in [1.82, 2.24) is 10.3 Å². The molecule has 108 valence electrons. The van der Waals surface area contributed by atoms with E-state index in [-0.39, 0.29) is 0 Å². The van der Waals surface area contributed by atoms with Gasteiger partial charge in [0.15, 0.2) is 5.13 Å². The molecule has 5 nitrogen and oxygen atoms in total. The fourth-order valence-electron chi connectivity index (χ4n) is 1.76. The summed E-state index contributed by atoms with van der Waals surface area (Å²) in [6, 6.07) is 7.31. The number of ether oxygens (including phenoxy) is 1. The summed E-state index contributed by atoms with van der Waals surface area (Å²) >= 11 is 1.60. The number of hydrogen-bond donors (Lipinski definition) is 2. The molecule has 0 aliphatic carbocycles. The van der Waals surface area contributed by atoms with Crippen LogP contribution in [-0.2, 0) is 13.1 Å². The second-order valence-corrected chi connectivity index (χ2v) is 5.62. The lowest BCUT2D eigenvalue weighted by Gasteiger charge is -2.06. The van der Waals surface area contributed by atoms with E-state index in [0.717, 1.165) is 15.6 Å². The highest BCUT2D eigenvalue weighted by atomic mass is 32.1. The number of phenols is 1. The smallest absolute Gasteiger partial charge is 0.230 e. The van der Waals surface area contributed by atoms with Crippen LogP contribution in [0.25, 0.3) is 0 Å². The van der Waals surface area contributed by atoms with Crippen LogP contribution in [0.1, 0.15) is 10.4 Å². The van der Waals surface area contributed by atoms with E-state index >= 15 is 0 Å². The number of nitrogens with one attached hydrogen (secondary N) is 1. The van der Waals surface area contributed by atoms with Gasteiger partial charge in [-0.2, -0.15) is 4.98 Å². The Hall–Kier alpha value is -1.79. The maximum atomic E-state index is 9.70. The van der Waals surface area contributed by atoms with E-state index in [4.69, 9.17) is 4.74 Å². The second kappa shape index (κ2) is 6.58. The van der Waals surface area contributed by atoms with Crippen molar-refractivity contribution < 1.29 is 9.84 Å². The molecular weight excluding hydrogens is 274 g/mol. The second-order valence-electron chi connectivity index (χ2n) is 4.56. The van der Waals surface area contributed by atoms with Crippen LogP contribution in [0.15, 0.2) is 24.3 Å². The number of aromatic nitrogens is 1. The van der Waals surface area contributed by atoms with Crippen molar-refractivity contribution in [2.45, 2.75) is 13.1 Å². The molecule has 0 spiro atoms. The molecule has 0 aliphatic rings. The Labute approximate surface area is 122 Å². The van der Waals surface area contributed by atoms with Crippen molar-refractivity contribution in [2.24, 2.45) is 0 Å². The standard InChI is InChI=1S/C14H19N3O2S/c1-17(2)14-16-13(19-3)12(20-14)9-15-8-10-6-4-5-7-11(10)18/h4-7,15,18H,8-9H2,1-3H3. The van der Waals surface area contributed by atoms with Gasteiger partial charge in [-0.05, 0) is 6.07 Å². The molecule has 2 N–H and O–H groups in total. The molecule has 0 fully saturated rings. The maximum Gasteiger partial charge on any atom is 0.230 e. The maximum absolute atomic E-state index is 9.70. The summed E-state index contributed by atoms with van der Waals surface area (Å²) in [4.78, 5) is 7.41. The Bertz CT molecular complexity index is 569. The molecule has 1 heterocycles. The van der Waals surface area contributed by atoms with Crippen molar-refractivity contribution in [3.8, 4) is 11.6 Å². The first-order chi connectivity index (χ1) is 9.61. The SMILES string of the molecule is COc1nc(N(C)C)sc1CNCc1ccccc1O. The summed E-state index contributed by atoms with van der Waals surface area (Å²) in [5, 5.41) is 13.9. The summed E-state index contributed by atoms with van der Waals surface area (Å²) in [6.07, 6.45) is 0. The topological polar surface area (TPSA) is 57.6 Å². The number of methoxy groups -OCH3 is 1. The molecule has 0 aliphatic heterocycles. The Morgan fingerprint density at radius 1 is 1.30 bits per heavy atom. The number of nitrogens with zero attached hydrogens (tertiary/aromatic N) is 2. The number of rotatable bonds is 6. The van der Waals surface area contributed by atoms with Crippen molar-refractivity contribution in [1.29, 1.82) is 0 Å². The third kappa shape index (κ3) is 3.40. The van der Waals surface area contributed by atoms with Crippen LogP contribution >= 0.6 is 11.3 Å². The van der Waals surface area contributed by atoms with Gasteiger partial charge < -0.3 is 20.1 Å². The lowest BCUT2D eigenvalue weighted by molar-refractivity contribution is 0.394. The Morgan fingerprint density at radius 3 is 2.70 bits per heavy atom. The lowest BCUT2D eigenvalue weighted by Crippen LogP contribution is -2.12. The zero-order valence-corrected chi connectivity index (χ0v) is 12.7. The first-order valence-corrected chi connectivity index (χ1v) is 7.12. The van der Waals surface area contributed by atoms with Crippen molar-refractivity contribution in [3.63, 3.8) is 0 Å². The Balaban J connectivity index is 1.99. The molecule has 0 atom stereocenters. The molecule has 6 heteroatoms. The third-order valence-electron chi connectivity index (χ3n) is 2.82. The first-order valence-electron chi connectivity index (χ1n) is 6.30. The van der Waals surface area contributed by atoms with Gasteiger partial charge in [0.1, 0.15) is 5.75 Å². The highest BCUT2D eigenvalue weighted by molar-refractivity contribution is 7.15. The summed E-state index contributed by atoms with van der Waals surface area (Å²) < 4.78 is 5.29. The van der Waals surface area contributed by atoms with Crippen molar-refractivity contribution in [2.75, 3.05) is 26.1 Å². The fourth-order valence-corrected chi connectivity index (χ4v) is 2.68. The fraction of sp³-hybridized carbons (Fsp3) is 0.357. The van der Waals surface area contributed by atoms with E-state index in [1.807, 2.05) is 37.2 Å². The van der Waals surface area contributed by atoms with E-state index in [1.165, 1.54) is 0 Å². The minimum atomic E-state index is 0.310. The van der Waals surface area contributed by atoms with Crippen LogP contribution in [0.4, 0.5) is 5.13 Å². The monoisotopic (exact) mass is 293 g/mol. The number of aromatic hydroxyl groups is 1. The Morgan fingerprint density at radius 2 is 2.05 bits per heavy atom. The zero-order chi connectivity index (χ0) is 14.5. The average Bonchev–Trinajstić information content (AvgIpc) is 2.84. The minimum Gasteiger partial charge on any atom is -0.508 e. The predicted molar refractivity (Wildman–Crippen MR) is 81.6 cm³/mol. The number of phenolic OH excluding ortho intramolecular Hbond substituents is 1. The normalized spacial score (nSPS) is 10.6. The van der Waals surface area contributed by atoms with Crippen molar-refractivity contribution in [3.05, 3.63) is 34.7 Å². The molecule has 0 saturated heterocycles. The number of thiazole rings is 1. The van der Waals surface area contributed by atoms with Crippen LogP contribution in [-0.4, -0.2) is 31.3 Å². The van der Waals surface area contributed by atoms with Crippen LogP contribution < -0.4 is 15.0 Å². The molecule has 1 aromatic carbocycles. The van der Waals surface area contributed by atoms with E-state index in [0.29, 0.717) is 24.7 Å². The summed E-state index contributed by atoms with van der Waals surface area (Å²) in [5.41, 5.74) is 0.879. The molecule has 0 amide bonds. The van der Waals surface area contributed by atoms with Gasteiger partial charge in [0, 0.05) is 32.7 Å². The van der Waals surface area contributed by atoms with Crippen LogP contribution in [0.5, 0.6) is 11.6 Å². The largest absolute Gasteiger partial charge is 0.508 e. The highest BCUT2D eigenvalue weighted by Gasteiger charge is 2.12. The van der Waals surface area contributed by atoms with E-state index < -0.39 is 0 Å². The van der Waals surface area contributed by atoms with Crippen molar-refractivity contribution >= 4 is 16.5 Å². The zero-order valence-electron chi connectivity index (χ0n) is 11.9. The molecule has 1 aromatic heterocycles. The van der Waals surface area contributed by atoms with Crippen LogP contribution in [0.2, 0.25) is 0 Å². The molecular formula is C14H19N3O2S. The van der Waals surface area contributed by atoms with Gasteiger partial charge in [0.25, 0.3) is 0 Å². The highest BCUT2D eigenvalue weighted by Crippen LogP contribution is 2.30. The quantitative estimate of drug-likeness (QED) is 0.855. The Kier molecular flexibility index (Phi) is 4.81. The van der Waals surface area contributed by atoms with Crippen LogP contribution in [0.3, 0.4) is 0 Å². The molecule has 0 saturated carbocycles. The van der Waals surface area contributed by atoms with Gasteiger partial charge in [0.2, 0.25) is 5.88 Å². The van der Waals surface area contributed by atoms with Gasteiger partial charge in [-0.1, -0.05) is 29.5 Å². The molecule has 0 radical (unpaired) electrons. The van der Waals surface area contributed by atoms with E-state index in [2.05, 4.69) is 10.3 Å². The minimum absolute atomic E-state index is 0.310. The summed E-state index contributed by atoms with van der Waals surface area (Å²) in [6.45, 7) is 1.26. The van der Waals surface area contributed by atoms with Crippen LogP contribution in [0, 0.1) is 0 Å². The molecule has 2 rings (SSSR count). The number of anilines is 1. The average molecular weight is 293 g/mol. The predicted octanol–water partition coefficient (Wildman–Crippen LogP) is 2.21. The van der Waals surface area contributed by atoms with Gasteiger partial charge >= 0.3 is 0 Å². The molecule has 20 heavy (non-hydrogen) atoms. The third-order valence-corrected chi connectivity index (χ3v) is 4.02. The number of para-hydroxylation sites is 1. The lowest BCUT2D eigenvalue weighted by atomic mass is 10.2. The van der Waals surface area contributed by atoms with Gasteiger partial charge in [-0.15, -0.1) is 0 Å². The van der Waals surface area contributed by atoms with Gasteiger partial charge in [0.05, 0.1) is 12.0 Å². The summed E-state index contributed by atoms with van der Waals surface area (Å²) in [5.74, 6) is 0.966. The van der Waals surface area contributed by atoms with E-state index in [9.17, 15) is 5.11 Å². The first kappa shape index (κ1) is 14.6. The van der Waals surface area contributed by atoms with Gasteiger partial charge in [-0.3, -0.25) is 0 Å². The molecule has 0 unspecified atom stereocenters.